The molecule has 0 aromatic heterocycles. The molecule has 3 nitrogen and oxygen atoms in total. The maximum Gasteiger partial charge on any atom is 0.0517 e. The monoisotopic (exact) mass is 229 g/mol. The Kier molecular flexibility index (Phi) is 7.81. The van der Waals surface area contributed by atoms with Crippen LogP contribution in [0.4, 0.5) is 0 Å². The van der Waals surface area contributed by atoms with E-state index in [1.54, 1.807) is 0 Å². The average Bonchev–Trinajstić information content (AvgIpc) is 2.80. The zero-order valence-electron chi connectivity index (χ0n) is 10.8. The van der Waals surface area contributed by atoms with Crippen LogP contribution in [0, 0.1) is 11.8 Å². The second kappa shape index (κ2) is 8.97. The van der Waals surface area contributed by atoms with E-state index >= 15 is 0 Å². The van der Waals surface area contributed by atoms with Crippen molar-refractivity contribution in [2.24, 2.45) is 11.8 Å². The van der Waals surface area contributed by atoms with Gasteiger partial charge >= 0.3 is 0 Å². The second-order valence-corrected chi connectivity index (χ2v) is 4.88. The minimum absolute atomic E-state index is 0.646. The van der Waals surface area contributed by atoms with Crippen molar-refractivity contribution in [3.05, 3.63) is 0 Å². The first kappa shape index (κ1) is 13.9. The molecule has 0 saturated carbocycles. The Labute approximate surface area is 99.9 Å². The summed E-state index contributed by atoms with van der Waals surface area (Å²) in [5, 5.41) is 3.46. The van der Waals surface area contributed by atoms with Crippen molar-refractivity contribution in [3.63, 3.8) is 0 Å². The normalized spacial score (nSPS) is 22.5. The molecule has 0 amide bonds. The van der Waals surface area contributed by atoms with Crippen molar-refractivity contribution in [2.75, 3.05) is 39.5 Å². The van der Waals surface area contributed by atoms with Crippen molar-refractivity contribution in [3.8, 4) is 0 Å². The number of nitrogens with one attached hydrogen (secondary N) is 1. The van der Waals surface area contributed by atoms with Gasteiger partial charge in [-0.2, -0.15) is 0 Å². The lowest BCUT2D eigenvalue weighted by atomic mass is 10.1. The molecule has 0 aromatic carbocycles. The molecule has 1 saturated heterocycles. The lowest BCUT2D eigenvalue weighted by molar-refractivity contribution is 0.0882. The van der Waals surface area contributed by atoms with Crippen LogP contribution in [0.2, 0.25) is 0 Å². The van der Waals surface area contributed by atoms with E-state index < -0.39 is 0 Å². The van der Waals surface area contributed by atoms with Crippen LogP contribution in [0.5, 0.6) is 0 Å². The largest absolute Gasteiger partial charge is 0.381 e. The molecule has 2 atom stereocenters. The number of hydrogen-bond acceptors (Lipinski definition) is 3. The fourth-order valence-electron chi connectivity index (χ4n) is 1.76. The molecule has 1 N–H and O–H groups in total. The van der Waals surface area contributed by atoms with Crippen molar-refractivity contribution in [1.82, 2.24) is 5.32 Å². The van der Waals surface area contributed by atoms with Crippen LogP contribution < -0.4 is 5.32 Å². The summed E-state index contributed by atoms with van der Waals surface area (Å²) in [5.74, 6) is 1.43. The molecule has 0 radical (unpaired) electrons. The quantitative estimate of drug-likeness (QED) is 0.614. The smallest absolute Gasteiger partial charge is 0.0517 e. The van der Waals surface area contributed by atoms with Gasteiger partial charge in [0.2, 0.25) is 0 Å². The molecule has 1 aliphatic heterocycles. The van der Waals surface area contributed by atoms with Gasteiger partial charge in [0.15, 0.2) is 0 Å². The van der Waals surface area contributed by atoms with E-state index in [1.165, 1.54) is 12.8 Å². The van der Waals surface area contributed by atoms with Gasteiger partial charge in [-0.1, -0.05) is 20.3 Å². The molecule has 0 aliphatic carbocycles. The van der Waals surface area contributed by atoms with Crippen LogP contribution in [0.3, 0.4) is 0 Å². The Morgan fingerprint density at radius 2 is 2.38 bits per heavy atom. The molecule has 96 valence electrons. The van der Waals surface area contributed by atoms with Crippen LogP contribution in [0.25, 0.3) is 0 Å². The Balaban J connectivity index is 1.77. The van der Waals surface area contributed by atoms with Crippen molar-refractivity contribution < 1.29 is 9.47 Å². The van der Waals surface area contributed by atoms with Crippen LogP contribution in [-0.2, 0) is 9.47 Å². The van der Waals surface area contributed by atoms with Crippen molar-refractivity contribution in [2.45, 2.75) is 33.1 Å². The summed E-state index contributed by atoms with van der Waals surface area (Å²) in [7, 11) is 0. The van der Waals surface area contributed by atoms with Gasteiger partial charge in [0.25, 0.3) is 0 Å². The van der Waals surface area contributed by atoms with Gasteiger partial charge in [0.05, 0.1) is 13.2 Å². The summed E-state index contributed by atoms with van der Waals surface area (Å²) in [6, 6.07) is 0. The van der Waals surface area contributed by atoms with E-state index in [0.717, 1.165) is 51.9 Å². The van der Waals surface area contributed by atoms with Crippen molar-refractivity contribution >= 4 is 0 Å². The first-order valence-corrected chi connectivity index (χ1v) is 6.69. The van der Waals surface area contributed by atoms with Gasteiger partial charge in [0, 0.05) is 19.1 Å². The Bertz CT molecular complexity index is 158. The predicted molar refractivity (Wildman–Crippen MR) is 66.7 cm³/mol. The zero-order valence-corrected chi connectivity index (χ0v) is 10.8. The van der Waals surface area contributed by atoms with E-state index in [9.17, 15) is 0 Å². The molecular weight excluding hydrogens is 202 g/mol. The molecule has 1 rings (SSSR count). The maximum atomic E-state index is 5.63. The first-order chi connectivity index (χ1) is 7.83. The maximum absolute atomic E-state index is 5.63. The third kappa shape index (κ3) is 6.46. The molecule has 1 fully saturated rings. The predicted octanol–water partition coefficient (Wildman–Crippen LogP) is 2.07. The van der Waals surface area contributed by atoms with Gasteiger partial charge in [-0.15, -0.1) is 0 Å². The van der Waals surface area contributed by atoms with Crippen LogP contribution >= 0.6 is 0 Å². The summed E-state index contributed by atoms with van der Waals surface area (Å²) < 4.78 is 10.9. The number of rotatable bonds is 9. The minimum Gasteiger partial charge on any atom is -0.381 e. The Hall–Kier alpha value is -0.120. The first-order valence-electron chi connectivity index (χ1n) is 6.69. The van der Waals surface area contributed by atoms with E-state index in [-0.39, 0.29) is 0 Å². The molecule has 1 aliphatic rings. The molecule has 16 heavy (non-hydrogen) atoms. The average molecular weight is 229 g/mol. The zero-order chi connectivity index (χ0) is 11.6. The van der Waals surface area contributed by atoms with Gasteiger partial charge in [-0.25, -0.2) is 0 Å². The summed E-state index contributed by atoms with van der Waals surface area (Å²) in [5.41, 5.74) is 0. The highest BCUT2D eigenvalue weighted by atomic mass is 16.5. The summed E-state index contributed by atoms with van der Waals surface area (Å²) in [4.78, 5) is 0. The number of hydrogen-bond donors (Lipinski definition) is 1. The lowest BCUT2D eigenvalue weighted by Gasteiger charge is -2.11. The van der Waals surface area contributed by atoms with Gasteiger partial charge in [0.1, 0.15) is 0 Å². The van der Waals surface area contributed by atoms with E-state index in [2.05, 4.69) is 19.2 Å². The van der Waals surface area contributed by atoms with Crippen LogP contribution in [-0.4, -0.2) is 39.5 Å². The van der Waals surface area contributed by atoms with E-state index in [4.69, 9.17) is 9.47 Å². The fraction of sp³-hybridized carbons (Fsp3) is 1.00. The molecule has 2 unspecified atom stereocenters. The van der Waals surface area contributed by atoms with Crippen molar-refractivity contribution in [1.29, 1.82) is 0 Å². The number of ether oxygens (including phenoxy) is 2. The molecule has 0 bridgehead atoms. The second-order valence-electron chi connectivity index (χ2n) is 4.88. The van der Waals surface area contributed by atoms with Gasteiger partial charge < -0.3 is 14.8 Å². The molecule has 0 spiro atoms. The summed E-state index contributed by atoms with van der Waals surface area (Å²) in [6.07, 6.45) is 3.54. The topological polar surface area (TPSA) is 30.5 Å². The standard InChI is InChI=1S/C13H27NO2/c1-3-12(2)9-14-6-4-7-15-10-13-5-8-16-11-13/h12-14H,3-11H2,1-2H3. The summed E-state index contributed by atoms with van der Waals surface area (Å²) in [6.45, 7) is 10.3. The van der Waals surface area contributed by atoms with Crippen LogP contribution in [0.15, 0.2) is 0 Å². The Morgan fingerprint density at radius 1 is 1.50 bits per heavy atom. The van der Waals surface area contributed by atoms with Gasteiger partial charge in [-0.3, -0.25) is 0 Å². The lowest BCUT2D eigenvalue weighted by Crippen LogP contribution is -2.23. The highest BCUT2D eigenvalue weighted by molar-refractivity contribution is 4.62. The van der Waals surface area contributed by atoms with E-state index in [0.29, 0.717) is 5.92 Å². The molecule has 1 heterocycles. The SMILES string of the molecule is CCC(C)CNCCCOCC1CCOC1. The molecule has 0 aromatic rings. The highest BCUT2D eigenvalue weighted by Crippen LogP contribution is 2.12. The third-order valence-corrected chi connectivity index (χ3v) is 3.21. The summed E-state index contributed by atoms with van der Waals surface area (Å²) >= 11 is 0. The highest BCUT2D eigenvalue weighted by Gasteiger charge is 2.14. The third-order valence-electron chi connectivity index (χ3n) is 3.21. The van der Waals surface area contributed by atoms with Crippen LogP contribution in [0.1, 0.15) is 33.1 Å². The van der Waals surface area contributed by atoms with E-state index in [1.807, 2.05) is 0 Å². The molecule has 3 heteroatoms. The van der Waals surface area contributed by atoms with Gasteiger partial charge in [-0.05, 0) is 31.8 Å². The Morgan fingerprint density at radius 3 is 3.06 bits per heavy atom. The fourth-order valence-corrected chi connectivity index (χ4v) is 1.76. The molecular formula is C13H27NO2. The minimum atomic E-state index is 0.646.